The number of esters is 4. The van der Waals surface area contributed by atoms with Crippen LogP contribution in [0.25, 0.3) is 0 Å². The average Bonchev–Trinajstić information content (AvgIpc) is 0.942. The van der Waals surface area contributed by atoms with Crippen LogP contribution in [0.2, 0.25) is 0 Å². The summed E-state index contributed by atoms with van der Waals surface area (Å²) < 4.78 is 68.7. The van der Waals surface area contributed by atoms with E-state index < -0.39 is 97.5 Å². The van der Waals surface area contributed by atoms with Gasteiger partial charge in [-0.1, -0.05) is 370 Å². The zero-order valence-corrected chi connectivity index (χ0v) is 67.5. The summed E-state index contributed by atoms with van der Waals surface area (Å²) in [6, 6.07) is 0. The predicted octanol–water partition coefficient (Wildman–Crippen LogP) is 24.1. The van der Waals surface area contributed by atoms with Crippen LogP contribution >= 0.6 is 15.6 Å². The lowest BCUT2D eigenvalue weighted by Crippen LogP contribution is -2.30. The van der Waals surface area contributed by atoms with Gasteiger partial charge in [0.25, 0.3) is 0 Å². The third-order valence-corrected chi connectivity index (χ3v) is 21.1. The number of phosphoric ester groups is 2. The lowest BCUT2D eigenvalue weighted by molar-refractivity contribution is -0.161. The van der Waals surface area contributed by atoms with E-state index >= 15 is 0 Å². The van der Waals surface area contributed by atoms with E-state index in [0.717, 1.165) is 108 Å². The minimum atomic E-state index is -4.96. The Kier molecular flexibility index (Phi) is 69.9. The van der Waals surface area contributed by atoms with Gasteiger partial charge in [-0.05, 0) is 43.4 Å². The van der Waals surface area contributed by atoms with Gasteiger partial charge in [0.2, 0.25) is 0 Å². The summed E-state index contributed by atoms with van der Waals surface area (Å²) in [5, 5.41) is 10.6. The molecule has 0 bridgehead atoms. The molecule has 0 spiro atoms. The highest BCUT2D eigenvalue weighted by molar-refractivity contribution is 7.47. The highest BCUT2D eigenvalue weighted by Gasteiger charge is 2.30. The van der Waals surface area contributed by atoms with Crippen LogP contribution in [-0.2, 0) is 65.4 Å². The van der Waals surface area contributed by atoms with Crippen molar-refractivity contribution in [2.75, 3.05) is 39.6 Å². The van der Waals surface area contributed by atoms with Crippen LogP contribution in [0.1, 0.15) is 421 Å². The third-order valence-electron chi connectivity index (χ3n) is 19.2. The summed E-state index contributed by atoms with van der Waals surface area (Å²) in [4.78, 5) is 73.0. The molecular formula is C81H158O17P2. The van der Waals surface area contributed by atoms with E-state index in [1.165, 1.54) is 225 Å². The molecule has 0 heterocycles. The number of phosphoric acid groups is 2. The first-order chi connectivity index (χ1) is 48.3. The molecule has 0 saturated heterocycles. The maximum atomic E-state index is 13.1. The van der Waals surface area contributed by atoms with E-state index in [2.05, 4.69) is 48.5 Å². The molecular weight excluding hydrogens is 1310 g/mol. The molecule has 3 N–H and O–H groups in total. The normalized spacial score (nSPS) is 14.2. The molecule has 3 unspecified atom stereocenters. The Hall–Kier alpha value is -1.94. The van der Waals surface area contributed by atoms with Gasteiger partial charge in [0.05, 0.1) is 26.4 Å². The van der Waals surface area contributed by atoms with Gasteiger partial charge in [-0.15, -0.1) is 0 Å². The molecule has 100 heavy (non-hydrogen) atoms. The first-order valence-electron chi connectivity index (χ1n) is 41.9. The fourth-order valence-electron chi connectivity index (χ4n) is 12.5. The zero-order chi connectivity index (χ0) is 73.7. The van der Waals surface area contributed by atoms with Crippen molar-refractivity contribution in [1.29, 1.82) is 0 Å². The Morgan fingerprint density at radius 1 is 0.290 bits per heavy atom. The van der Waals surface area contributed by atoms with Crippen molar-refractivity contribution in [3.05, 3.63) is 0 Å². The highest BCUT2D eigenvalue weighted by atomic mass is 31.2. The standard InChI is InChI=1S/C81H158O17P2/c1-8-10-11-12-13-14-15-16-17-20-24-27-30-33-41-48-55-62-78(83)91-68-76(97-80(85)64-57-50-42-34-31-28-25-22-19-18-21-23-26-29-32-38-45-52-59-72(3)4)70-95-99(87,88)93-66-75(82)67-94-100(89,90)96-71-77(69-92-79(84)63-56-49-44-37-39-46-53-60-73(5)6)98-81(86)65-58-51-43-36-35-40-47-54-61-74(7)9-2/h72-77,82H,8-71H2,1-7H3,(H,87,88)(H,89,90)/t74?,75-,76-,77-/m1/s1. The Morgan fingerprint density at radius 2 is 0.510 bits per heavy atom. The number of hydrogen-bond donors (Lipinski definition) is 3. The summed E-state index contributed by atoms with van der Waals surface area (Å²) in [7, 11) is -9.92. The van der Waals surface area contributed by atoms with E-state index in [4.69, 9.17) is 37.0 Å². The number of carbonyl (C=O) groups is 4. The fourth-order valence-corrected chi connectivity index (χ4v) is 14.0. The lowest BCUT2D eigenvalue weighted by atomic mass is 9.99. The summed E-state index contributed by atoms with van der Waals surface area (Å²) in [6.45, 7) is 11.9. The van der Waals surface area contributed by atoms with Crippen LogP contribution in [0.4, 0.5) is 0 Å². The third kappa shape index (κ3) is 73.0. The van der Waals surface area contributed by atoms with Crippen molar-refractivity contribution in [3.63, 3.8) is 0 Å². The second kappa shape index (κ2) is 71.3. The Bertz CT molecular complexity index is 1940. The maximum Gasteiger partial charge on any atom is 0.472 e. The van der Waals surface area contributed by atoms with Crippen LogP contribution in [0.15, 0.2) is 0 Å². The van der Waals surface area contributed by atoms with Gasteiger partial charge < -0.3 is 33.8 Å². The molecule has 0 rings (SSSR count). The van der Waals surface area contributed by atoms with Crippen molar-refractivity contribution >= 4 is 39.5 Å². The molecule has 0 amide bonds. The molecule has 0 aromatic rings. The first-order valence-corrected chi connectivity index (χ1v) is 44.9. The van der Waals surface area contributed by atoms with Crippen LogP contribution in [0.5, 0.6) is 0 Å². The molecule has 6 atom stereocenters. The largest absolute Gasteiger partial charge is 0.472 e. The van der Waals surface area contributed by atoms with Crippen molar-refractivity contribution in [3.8, 4) is 0 Å². The van der Waals surface area contributed by atoms with Crippen molar-refractivity contribution in [2.45, 2.75) is 439 Å². The Labute approximate surface area is 613 Å². The van der Waals surface area contributed by atoms with Crippen LogP contribution < -0.4 is 0 Å². The van der Waals surface area contributed by atoms with E-state index in [1.54, 1.807) is 0 Å². The van der Waals surface area contributed by atoms with Gasteiger partial charge in [-0.3, -0.25) is 37.3 Å². The molecule has 0 fully saturated rings. The average molecular weight is 1470 g/mol. The molecule has 0 aliphatic rings. The SMILES string of the molecule is CCCCCCCCCCCCCCCCCCCC(=O)OC[C@H](COP(=O)(O)OC[C@@H](O)COP(=O)(O)OC[C@@H](COC(=O)CCCCCCCCCC(C)C)OC(=O)CCCCCCCCCCC(C)CC)OC(=O)CCCCCCCCCCCCCCCCCCCCC(C)C. The van der Waals surface area contributed by atoms with Gasteiger partial charge in [-0.2, -0.15) is 0 Å². The number of aliphatic hydroxyl groups excluding tert-OH is 1. The van der Waals surface area contributed by atoms with E-state index in [9.17, 15) is 43.2 Å². The van der Waals surface area contributed by atoms with Gasteiger partial charge in [0, 0.05) is 25.7 Å². The van der Waals surface area contributed by atoms with E-state index in [0.29, 0.717) is 31.6 Å². The molecule has 0 saturated carbocycles. The molecule has 0 aromatic carbocycles. The van der Waals surface area contributed by atoms with Crippen LogP contribution in [0, 0.1) is 17.8 Å². The maximum absolute atomic E-state index is 13.1. The van der Waals surface area contributed by atoms with Gasteiger partial charge in [0.1, 0.15) is 19.3 Å². The number of carbonyl (C=O) groups excluding carboxylic acids is 4. The quantitative estimate of drug-likeness (QED) is 0.0222. The number of rotatable bonds is 79. The zero-order valence-electron chi connectivity index (χ0n) is 65.7. The van der Waals surface area contributed by atoms with E-state index in [1.807, 2.05) is 0 Å². The van der Waals surface area contributed by atoms with Crippen LogP contribution in [0.3, 0.4) is 0 Å². The smallest absolute Gasteiger partial charge is 0.462 e. The van der Waals surface area contributed by atoms with Crippen LogP contribution in [-0.4, -0.2) is 96.7 Å². The molecule has 0 radical (unpaired) electrons. The predicted molar refractivity (Wildman–Crippen MR) is 409 cm³/mol. The summed E-state index contributed by atoms with van der Waals surface area (Å²) in [6.07, 6.45) is 59.8. The summed E-state index contributed by atoms with van der Waals surface area (Å²) in [5.41, 5.74) is 0. The molecule has 19 heteroatoms. The topological polar surface area (TPSA) is 237 Å². The monoisotopic (exact) mass is 1470 g/mol. The molecule has 0 aromatic heterocycles. The van der Waals surface area contributed by atoms with Gasteiger partial charge in [-0.25, -0.2) is 9.13 Å². The Balaban J connectivity index is 5.22. The summed E-state index contributed by atoms with van der Waals surface area (Å²) >= 11 is 0. The highest BCUT2D eigenvalue weighted by Crippen LogP contribution is 2.45. The Morgan fingerprint density at radius 3 is 0.760 bits per heavy atom. The number of hydrogen-bond acceptors (Lipinski definition) is 15. The molecule has 17 nitrogen and oxygen atoms in total. The second-order valence-electron chi connectivity index (χ2n) is 30.4. The first kappa shape index (κ1) is 98.1. The second-order valence-corrected chi connectivity index (χ2v) is 33.3. The van der Waals surface area contributed by atoms with Gasteiger partial charge >= 0.3 is 39.5 Å². The van der Waals surface area contributed by atoms with Crippen molar-refractivity contribution in [1.82, 2.24) is 0 Å². The van der Waals surface area contributed by atoms with Crippen molar-refractivity contribution in [2.24, 2.45) is 17.8 Å². The summed E-state index contributed by atoms with van der Waals surface area (Å²) in [5.74, 6) is 0.181. The fraction of sp³-hybridized carbons (Fsp3) is 0.951. The molecule has 0 aliphatic carbocycles. The van der Waals surface area contributed by atoms with Crippen molar-refractivity contribution < 1.29 is 80.2 Å². The number of ether oxygens (including phenoxy) is 4. The molecule has 0 aliphatic heterocycles. The van der Waals surface area contributed by atoms with E-state index in [-0.39, 0.29) is 25.7 Å². The lowest BCUT2D eigenvalue weighted by Gasteiger charge is -2.21. The minimum Gasteiger partial charge on any atom is -0.462 e. The minimum absolute atomic E-state index is 0.104. The van der Waals surface area contributed by atoms with Gasteiger partial charge in [0.15, 0.2) is 12.2 Å². The molecule has 594 valence electrons. The number of unbranched alkanes of at least 4 members (excludes halogenated alkanes) is 46. The number of aliphatic hydroxyl groups is 1.